The first-order chi connectivity index (χ1) is 43.9. The van der Waals surface area contributed by atoms with E-state index in [9.17, 15) is 48.6 Å². The molecule has 512 valence electrons. The third-order valence-electron chi connectivity index (χ3n) is 11.6. The van der Waals surface area contributed by atoms with Gasteiger partial charge in [-0.3, -0.25) is 49.5 Å². The summed E-state index contributed by atoms with van der Waals surface area (Å²) in [6.07, 6.45) is 7.94. The predicted molar refractivity (Wildman–Crippen MR) is 357 cm³/mol. The van der Waals surface area contributed by atoms with E-state index < -0.39 is 48.0 Å². The Balaban J connectivity index is -0.00000102. The molecule has 8 aromatic rings. The number of para-hydroxylation sites is 4. The van der Waals surface area contributed by atoms with Crippen LogP contribution >= 0.6 is 0 Å². The Bertz CT molecular complexity index is 3090. The van der Waals surface area contributed by atoms with Crippen molar-refractivity contribution in [2.75, 3.05) is 82.5 Å². The molecule has 0 unspecified atom stereocenters. The van der Waals surface area contributed by atoms with Crippen LogP contribution in [0.25, 0.3) is 43.6 Å². The summed E-state index contributed by atoms with van der Waals surface area (Å²) in [5.74, 6) is -3.89. The molecule has 4 heterocycles. The second-order valence-electron chi connectivity index (χ2n) is 18.7. The molecule has 0 aliphatic rings. The monoisotopic (exact) mass is 1460 g/mol. The molecule has 0 fully saturated rings. The fourth-order valence-corrected chi connectivity index (χ4v) is 7.29. The number of carboxylic acid groups (broad SMARTS) is 4. The van der Waals surface area contributed by atoms with Gasteiger partial charge in [0.25, 0.3) is 23.9 Å². The molecule has 0 saturated heterocycles. The van der Waals surface area contributed by atoms with E-state index in [-0.39, 0.29) is 95.8 Å². The number of carboxylic acids is 4. The SMILES string of the molecule is CCC.CNC(=O)NC.CNCOCC(=O)NC.COCNCNC(C)=O.COCNCNC(C)=O.[CH2-][C@@H](C(=O)O)n1c2ccccc2c2ccccc21.[CH2-][C@@H](C(=O)O)n1cccc1.[CH2-][C@H](C(=O)O)n1c2ccccc2c2ccccc21.[CH2-][C@H](C(=O)O)n1cccc1.[Y].[Y]. The van der Waals surface area contributed by atoms with Crippen molar-refractivity contribution in [1.82, 2.24) is 60.8 Å². The van der Waals surface area contributed by atoms with E-state index in [2.05, 4.69) is 93.6 Å². The van der Waals surface area contributed by atoms with Crippen LogP contribution in [0.3, 0.4) is 0 Å². The standard InChI is InChI=1S/2C15H12NO2.2C7H8NO2.3C5H12N2O2.C3H8N2O.C3H8.2Y/c2*1-10(15(17)18)16-13-8-4-2-6-11(13)12-7-3-5-9-14(12)16;2*1-6(7(9)10)8-4-2-3-5-8;1-6-4-9-3-5(8)7-2;2*1-5(8)7-3-6-4-9-2;1-4-3(6)5-2;1-3-2;;/h2*2-10H,1H2,(H,17,18);2*2-6H,1H2,(H,9,10);3*6H,3-4H2,1-2H3,(H,7,8);1-2H3,(H2,4,5,6);3H2,1-2H3;;/q4*-1;;;;;;;/t2*10-;2*6-;;;;;;;/m1010......./s1. The molecule has 0 bridgehead atoms. The number of urea groups is 1. The topological polar surface area (TPSA) is 361 Å². The minimum atomic E-state index is -0.929. The third-order valence-corrected chi connectivity index (χ3v) is 11.6. The summed E-state index contributed by atoms with van der Waals surface area (Å²) < 4.78 is 20.7. The Hall–Kier alpha value is -7.43. The number of carbonyl (C=O) groups is 8. The number of methoxy groups -OCH3 is 2. The Morgan fingerprint density at radius 3 is 0.936 bits per heavy atom. The van der Waals surface area contributed by atoms with Crippen molar-refractivity contribution in [3.05, 3.63) is 174 Å². The van der Waals surface area contributed by atoms with Gasteiger partial charge in [0.05, 0.1) is 33.5 Å². The number of amides is 5. The van der Waals surface area contributed by atoms with E-state index in [1.807, 2.05) is 97.1 Å². The van der Waals surface area contributed by atoms with E-state index in [1.165, 1.54) is 29.4 Å². The zero-order valence-corrected chi connectivity index (χ0v) is 60.8. The predicted octanol–water partition coefficient (Wildman–Crippen LogP) is 6.83. The van der Waals surface area contributed by atoms with Crippen molar-refractivity contribution in [2.24, 2.45) is 0 Å². The van der Waals surface area contributed by atoms with E-state index in [4.69, 9.17) is 14.9 Å². The van der Waals surface area contributed by atoms with Crippen molar-refractivity contribution >= 4 is 91.2 Å². The zero-order valence-electron chi connectivity index (χ0n) is 55.2. The molecule has 2 radical (unpaired) electrons. The summed E-state index contributed by atoms with van der Waals surface area (Å²) in [4.78, 5) is 83.8. The van der Waals surface area contributed by atoms with Crippen LogP contribution in [0.4, 0.5) is 4.79 Å². The number of nitrogens with zero attached hydrogens (tertiary/aromatic N) is 4. The number of ether oxygens (including phenoxy) is 3. The molecule has 27 nitrogen and oxygen atoms in total. The summed E-state index contributed by atoms with van der Waals surface area (Å²) in [5.41, 5.74) is 3.62. The molecular weight excluding hydrogens is 1370 g/mol. The van der Waals surface area contributed by atoms with Gasteiger partial charge in [0, 0.05) is 207 Å². The van der Waals surface area contributed by atoms with E-state index in [1.54, 1.807) is 101 Å². The average Bonchev–Trinajstić information content (AvgIpc) is 1.62. The normalized spacial score (nSPS) is 11.0. The maximum atomic E-state index is 11.2. The second-order valence-corrected chi connectivity index (χ2v) is 18.7. The fourth-order valence-electron chi connectivity index (χ4n) is 7.29. The maximum absolute atomic E-state index is 11.2. The number of hydrogen-bond acceptors (Lipinski definition) is 14. The first-order valence-electron chi connectivity index (χ1n) is 28.5. The summed E-state index contributed by atoms with van der Waals surface area (Å²) in [6, 6.07) is 35.0. The first kappa shape index (κ1) is 90.8. The number of rotatable bonds is 20. The van der Waals surface area contributed by atoms with Gasteiger partial charge in [-0.15, -0.1) is 0 Å². The average molecular weight is 1460 g/mol. The Labute approximate surface area is 600 Å². The van der Waals surface area contributed by atoms with Crippen molar-refractivity contribution in [3.8, 4) is 0 Å². The van der Waals surface area contributed by atoms with Crippen LogP contribution in [-0.4, -0.2) is 169 Å². The van der Waals surface area contributed by atoms with Gasteiger partial charge in [-0.25, -0.2) is 4.79 Å². The molecule has 4 aromatic carbocycles. The smallest absolute Gasteiger partial charge is 0.314 e. The third kappa shape index (κ3) is 35.2. The molecule has 8 rings (SSSR count). The van der Waals surface area contributed by atoms with Crippen molar-refractivity contribution < 1.29 is 138 Å². The molecule has 0 aliphatic heterocycles. The van der Waals surface area contributed by atoms with Crippen LogP contribution in [0.15, 0.2) is 146 Å². The van der Waals surface area contributed by atoms with Gasteiger partial charge in [0.15, 0.2) is 0 Å². The van der Waals surface area contributed by atoms with Gasteiger partial charge >= 0.3 is 6.03 Å². The molecule has 4 atom stereocenters. The molecule has 94 heavy (non-hydrogen) atoms. The number of nitrogens with one attached hydrogen (secondary N) is 8. The van der Waals surface area contributed by atoms with E-state index in [0.717, 1.165) is 43.6 Å². The van der Waals surface area contributed by atoms with Crippen LogP contribution < -0.4 is 42.5 Å². The number of aromatic nitrogens is 4. The number of aliphatic carboxylic acids is 4. The molecule has 0 saturated carbocycles. The van der Waals surface area contributed by atoms with Gasteiger partial charge in [0.1, 0.15) is 6.61 Å². The van der Waals surface area contributed by atoms with E-state index >= 15 is 0 Å². The number of benzene rings is 4. The first-order valence-corrected chi connectivity index (χ1v) is 28.5. The number of fused-ring (bicyclic) bond motifs is 6. The van der Waals surface area contributed by atoms with Gasteiger partial charge in [0.2, 0.25) is 17.7 Å². The minimum Gasteiger partial charge on any atom is -0.482 e. The van der Waals surface area contributed by atoms with Crippen molar-refractivity contribution in [1.29, 1.82) is 0 Å². The van der Waals surface area contributed by atoms with Gasteiger partial charge < -0.3 is 107 Å². The summed E-state index contributed by atoms with van der Waals surface area (Å²) >= 11 is 0. The Morgan fingerprint density at radius 1 is 0.447 bits per heavy atom. The molecular formula is C65H92N12O15Y2-4. The number of hydrogen-bond donors (Lipinski definition) is 12. The van der Waals surface area contributed by atoms with Crippen molar-refractivity contribution in [3.63, 3.8) is 0 Å². The van der Waals surface area contributed by atoms with Crippen molar-refractivity contribution in [2.45, 2.75) is 58.3 Å². The van der Waals surface area contributed by atoms with Crippen LogP contribution in [0.1, 0.15) is 58.3 Å². The Morgan fingerprint density at radius 2 is 0.723 bits per heavy atom. The molecule has 5 amide bonds. The van der Waals surface area contributed by atoms with Gasteiger partial charge in [-0.1, -0.05) is 93.1 Å². The van der Waals surface area contributed by atoms with Crippen LogP contribution in [-0.2, 0) is 113 Å². The second kappa shape index (κ2) is 53.9. The van der Waals surface area contributed by atoms with Crippen LogP contribution in [0.2, 0.25) is 0 Å². The van der Waals surface area contributed by atoms with E-state index in [0.29, 0.717) is 33.5 Å². The molecule has 4 aromatic heterocycles. The summed E-state index contributed by atoms with van der Waals surface area (Å²) in [5, 5.41) is 60.2. The quantitative estimate of drug-likeness (QED) is 0.0211. The Kier molecular flexibility index (Phi) is 52.0. The number of carbonyl (C=O) groups excluding carboxylic acids is 4. The van der Waals surface area contributed by atoms with Crippen LogP contribution in [0, 0.1) is 27.7 Å². The zero-order chi connectivity index (χ0) is 69.6. The van der Waals surface area contributed by atoms with Crippen LogP contribution in [0.5, 0.6) is 0 Å². The summed E-state index contributed by atoms with van der Waals surface area (Å²) in [6.45, 7) is 23.9. The van der Waals surface area contributed by atoms with Gasteiger partial charge in [-0.05, 0) is 55.6 Å². The number of likely N-dealkylation sites (N-methyl/N-ethyl adjacent to an activating group) is 1. The fraction of sp³-hybridized carbons (Fsp3) is 0.323. The molecule has 0 aliphatic carbocycles. The minimum absolute atomic E-state index is 0. The summed E-state index contributed by atoms with van der Waals surface area (Å²) in [7, 11) is 9.63. The molecule has 29 heteroatoms. The molecule has 0 spiro atoms. The maximum Gasteiger partial charge on any atom is 0.314 e. The molecule has 12 N–H and O–H groups in total. The van der Waals surface area contributed by atoms with Gasteiger partial charge in [-0.2, -0.15) is 0 Å². The largest absolute Gasteiger partial charge is 0.482 e.